The number of nitrogens with zero attached hydrogens (tertiary/aromatic N) is 1. The third kappa shape index (κ3) is 11.8. The molecule has 9 nitrogen and oxygen atoms in total. The van der Waals surface area contributed by atoms with Gasteiger partial charge in [-0.3, -0.25) is 4.79 Å². The average molecular weight is 579 g/mol. The largest absolute Gasteiger partial charge is 0.488 e. The number of likely N-dealkylation sites (tertiary alicyclic amines) is 1. The molecule has 0 unspecified atom stereocenters. The molecule has 3 rings (SSSR count). The molecule has 226 valence electrons. The van der Waals surface area contributed by atoms with Crippen LogP contribution in [0.5, 0.6) is 5.75 Å². The van der Waals surface area contributed by atoms with Crippen molar-refractivity contribution >= 4 is 17.8 Å². The van der Waals surface area contributed by atoms with Gasteiger partial charge in [-0.15, -0.1) is 0 Å². The van der Waals surface area contributed by atoms with Crippen molar-refractivity contribution in [2.45, 2.75) is 45.6 Å². The van der Waals surface area contributed by atoms with E-state index in [1.807, 2.05) is 6.07 Å². The Bertz CT molecular complexity index is 1110. The molecule has 1 aliphatic rings. The molecule has 0 aliphatic carbocycles. The number of benzene rings is 2. The van der Waals surface area contributed by atoms with Crippen LogP contribution in [-0.2, 0) is 25.5 Å². The van der Waals surface area contributed by atoms with Gasteiger partial charge in [-0.05, 0) is 73.5 Å². The number of carboxylic acids is 2. The fourth-order valence-corrected chi connectivity index (χ4v) is 4.63. The van der Waals surface area contributed by atoms with Crippen LogP contribution in [0, 0.1) is 23.5 Å². The summed E-state index contributed by atoms with van der Waals surface area (Å²) in [5.41, 5.74) is 1.79. The Morgan fingerprint density at radius 1 is 1.00 bits per heavy atom. The number of ether oxygens (including phenoxy) is 2. The Kier molecular flexibility index (Phi) is 14.2. The minimum atomic E-state index is -1.82. The second kappa shape index (κ2) is 17.3. The van der Waals surface area contributed by atoms with Crippen molar-refractivity contribution < 1.29 is 42.9 Å². The maximum atomic E-state index is 14.2. The van der Waals surface area contributed by atoms with Crippen molar-refractivity contribution in [1.82, 2.24) is 10.2 Å². The molecule has 0 radical (unpaired) electrons. The first kappa shape index (κ1) is 33.6. The number of para-hydroxylation sites is 1. The summed E-state index contributed by atoms with van der Waals surface area (Å²) in [6.07, 6.45) is 3.12. The lowest BCUT2D eigenvalue weighted by atomic mass is 9.91. The van der Waals surface area contributed by atoms with Gasteiger partial charge in [0.25, 0.3) is 0 Å². The van der Waals surface area contributed by atoms with Crippen molar-refractivity contribution in [1.29, 1.82) is 0 Å². The Morgan fingerprint density at radius 2 is 1.63 bits per heavy atom. The van der Waals surface area contributed by atoms with Crippen molar-refractivity contribution in [2.75, 3.05) is 40.0 Å². The van der Waals surface area contributed by atoms with Crippen LogP contribution in [-0.4, -0.2) is 72.9 Å². The molecule has 1 atom stereocenters. The number of carbonyl (C=O) groups excluding carboxylic acids is 1. The van der Waals surface area contributed by atoms with E-state index < -0.39 is 11.9 Å². The molecule has 11 heteroatoms. The molecule has 1 fully saturated rings. The number of carbonyl (C=O) groups is 3. The zero-order valence-electron chi connectivity index (χ0n) is 23.8. The van der Waals surface area contributed by atoms with E-state index in [4.69, 9.17) is 29.3 Å². The highest BCUT2D eigenvalue weighted by Gasteiger charge is 2.24. The number of piperidine rings is 1. The first-order valence-electron chi connectivity index (χ1n) is 13.6. The van der Waals surface area contributed by atoms with Gasteiger partial charge in [0.15, 0.2) is 11.6 Å². The average Bonchev–Trinajstić information content (AvgIpc) is 2.93. The van der Waals surface area contributed by atoms with E-state index in [1.165, 1.54) is 18.2 Å². The van der Waals surface area contributed by atoms with E-state index in [1.54, 1.807) is 25.3 Å². The number of amides is 1. The van der Waals surface area contributed by atoms with Crippen LogP contribution in [0.2, 0.25) is 0 Å². The van der Waals surface area contributed by atoms with Crippen LogP contribution in [0.4, 0.5) is 8.78 Å². The molecule has 0 bridgehead atoms. The second-order valence-corrected chi connectivity index (χ2v) is 10.3. The predicted molar refractivity (Wildman–Crippen MR) is 149 cm³/mol. The van der Waals surface area contributed by atoms with Crippen molar-refractivity contribution in [2.24, 2.45) is 11.8 Å². The lowest BCUT2D eigenvalue weighted by molar-refractivity contribution is -0.159. The van der Waals surface area contributed by atoms with Gasteiger partial charge in [-0.25, -0.2) is 18.4 Å². The first-order chi connectivity index (χ1) is 19.5. The van der Waals surface area contributed by atoms with Crippen LogP contribution in [0.1, 0.15) is 50.3 Å². The van der Waals surface area contributed by atoms with E-state index in [-0.39, 0.29) is 29.5 Å². The van der Waals surface area contributed by atoms with Crippen LogP contribution in [0.25, 0.3) is 0 Å². The molecule has 0 spiro atoms. The van der Waals surface area contributed by atoms with E-state index in [0.717, 1.165) is 43.6 Å². The summed E-state index contributed by atoms with van der Waals surface area (Å²) >= 11 is 0. The summed E-state index contributed by atoms with van der Waals surface area (Å²) < 4.78 is 38.1. The summed E-state index contributed by atoms with van der Waals surface area (Å²) in [5, 5.41) is 17.9. The van der Waals surface area contributed by atoms with Crippen LogP contribution in [0.15, 0.2) is 42.5 Å². The van der Waals surface area contributed by atoms with Gasteiger partial charge in [-0.2, -0.15) is 0 Å². The summed E-state index contributed by atoms with van der Waals surface area (Å²) in [5.74, 6) is -3.36. The Labute approximate surface area is 239 Å². The van der Waals surface area contributed by atoms with Gasteiger partial charge in [0.2, 0.25) is 5.91 Å². The fraction of sp³-hybridized carbons (Fsp3) is 0.500. The van der Waals surface area contributed by atoms with E-state index >= 15 is 0 Å². The van der Waals surface area contributed by atoms with Gasteiger partial charge >= 0.3 is 11.9 Å². The molecular weight excluding hydrogens is 538 g/mol. The van der Waals surface area contributed by atoms with Gasteiger partial charge in [0.1, 0.15) is 12.4 Å². The molecule has 1 heterocycles. The SMILES string of the molecule is COCCOc1c(F)cccc1CCN1CCC(CC(=O)N[C@@H](c2ccc(F)cc2)C(C)C)CC1.O=C(O)C(=O)O. The Balaban J connectivity index is 0.000000883. The Hall–Kier alpha value is -3.57. The first-order valence-corrected chi connectivity index (χ1v) is 13.6. The molecule has 3 N–H and O–H groups in total. The van der Waals surface area contributed by atoms with Crippen LogP contribution >= 0.6 is 0 Å². The molecule has 2 aromatic rings. The van der Waals surface area contributed by atoms with Gasteiger partial charge < -0.3 is 29.9 Å². The maximum absolute atomic E-state index is 14.2. The fourth-order valence-electron chi connectivity index (χ4n) is 4.63. The number of hydrogen-bond donors (Lipinski definition) is 3. The summed E-state index contributed by atoms with van der Waals surface area (Å²) in [6, 6.07) is 11.3. The third-order valence-corrected chi connectivity index (χ3v) is 6.86. The predicted octanol–water partition coefficient (Wildman–Crippen LogP) is 4.30. The number of halogens is 2. The third-order valence-electron chi connectivity index (χ3n) is 6.86. The molecule has 1 saturated heterocycles. The standard InChI is InChI=1S/C28H38F2N2O3.C2H2O4/c1-20(2)27(22-7-9-24(29)10-8-22)31-26(33)19-21-11-14-32(15-12-21)16-13-23-5-4-6-25(30)28(23)35-18-17-34-3;3-1(4)2(5)6/h4-10,20-21,27H,11-19H2,1-3H3,(H,31,33);(H,3,4)(H,5,6)/t27-;/m1./s1. The number of methoxy groups -OCH3 is 1. The normalized spacial score (nSPS) is 14.6. The minimum Gasteiger partial charge on any atom is -0.488 e. The lowest BCUT2D eigenvalue weighted by Crippen LogP contribution is -2.38. The molecule has 41 heavy (non-hydrogen) atoms. The smallest absolute Gasteiger partial charge is 0.414 e. The quantitative estimate of drug-likeness (QED) is 0.252. The second-order valence-electron chi connectivity index (χ2n) is 10.3. The lowest BCUT2D eigenvalue weighted by Gasteiger charge is -2.32. The highest BCUT2D eigenvalue weighted by Crippen LogP contribution is 2.26. The molecule has 1 amide bonds. The summed E-state index contributed by atoms with van der Waals surface area (Å²) in [7, 11) is 1.59. The number of nitrogens with one attached hydrogen (secondary N) is 1. The highest BCUT2D eigenvalue weighted by atomic mass is 19.1. The zero-order valence-corrected chi connectivity index (χ0v) is 23.8. The van der Waals surface area contributed by atoms with E-state index in [9.17, 15) is 13.6 Å². The molecule has 2 aromatic carbocycles. The number of hydrogen-bond acceptors (Lipinski definition) is 6. The number of rotatable bonds is 12. The van der Waals surface area contributed by atoms with Gasteiger partial charge in [-0.1, -0.05) is 38.1 Å². The van der Waals surface area contributed by atoms with Gasteiger partial charge in [0, 0.05) is 20.1 Å². The van der Waals surface area contributed by atoms with E-state index in [0.29, 0.717) is 37.7 Å². The van der Waals surface area contributed by atoms with Crippen molar-refractivity contribution in [3.8, 4) is 5.75 Å². The summed E-state index contributed by atoms with van der Waals surface area (Å²) in [4.78, 5) is 33.3. The zero-order chi connectivity index (χ0) is 30.4. The highest BCUT2D eigenvalue weighted by molar-refractivity contribution is 6.27. The minimum absolute atomic E-state index is 0.0454. The molecular formula is C30H40F2N2O7. The van der Waals surface area contributed by atoms with E-state index in [2.05, 4.69) is 24.1 Å². The maximum Gasteiger partial charge on any atom is 0.414 e. The van der Waals surface area contributed by atoms with Crippen LogP contribution in [0.3, 0.4) is 0 Å². The van der Waals surface area contributed by atoms with Crippen molar-refractivity contribution in [3.05, 3.63) is 65.2 Å². The van der Waals surface area contributed by atoms with Crippen LogP contribution < -0.4 is 10.1 Å². The molecule has 1 aliphatic heterocycles. The molecule has 0 saturated carbocycles. The molecule has 0 aromatic heterocycles. The number of carboxylic acid groups (broad SMARTS) is 2. The topological polar surface area (TPSA) is 125 Å². The summed E-state index contributed by atoms with van der Waals surface area (Å²) in [6.45, 7) is 7.49. The van der Waals surface area contributed by atoms with Gasteiger partial charge in [0.05, 0.1) is 12.6 Å². The Morgan fingerprint density at radius 3 is 2.20 bits per heavy atom. The number of aliphatic carboxylic acids is 2. The monoisotopic (exact) mass is 578 g/mol. The van der Waals surface area contributed by atoms with Crippen molar-refractivity contribution in [3.63, 3.8) is 0 Å².